The highest BCUT2D eigenvalue weighted by Gasteiger charge is 2.37. The third kappa shape index (κ3) is 4.31. The van der Waals surface area contributed by atoms with E-state index < -0.39 is 23.8 Å². The lowest BCUT2D eigenvalue weighted by atomic mass is 9.86. The Morgan fingerprint density at radius 3 is 2.30 bits per heavy atom. The van der Waals surface area contributed by atoms with Crippen LogP contribution < -0.4 is 5.73 Å². The molecular formula is C27H20F3N5O2. The van der Waals surface area contributed by atoms with Crippen molar-refractivity contribution in [1.82, 2.24) is 20.2 Å². The number of benzene rings is 3. The number of H-pyrrole nitrogens is 1. The molecule has 1 unspecified atom stereocenters. The molecule has 5 aromatic rings. The molecule has 5 rings (SSSR count). The average molecular weight is 503 g/mol. The number of hydrogen-bond acceptors (Lipinski definition) is 5. The molecule has 7 nitrogen and oxygen atoms in total. The largest absolute Gasteiger partial charge is 0.417 e. The first-order chi connectivity index (χ1) is 17.7. The van der Waals surface area contributed by atoms with Crippen LogP contribution in [0.25, 0.3) is 44.5 Å². The van der Waals surface area contributed by atoms with Crippen LogP contribution in [-0.4, -0.2) is 31.2 Å². The number of carbonyl (C=O) groups is 1. The summed E-state index contributed by atoms with van der Waals surface area (Å²) in [5, 5.41) is 17.8. The normalized spacial score (nSPS) is 12.6. The summed E-state index contributed by atoms with van der Waals surface area (Å²) in [5.74, 6) is -1.12. The Morgan fingerprint density at radius 1 is 0.973 bits per heavy atom. The molecule has 0 bridgehead atoms. The van der Waals surface area contributed by atoms with E-state index in [0.717, 1.165) is 12.1 Å². The van der Waals surface area contributed by atoms with E-state index >= 15 is 0 Å². The molecule has 1 atom stereocenters. The zero-order valence-corrected chi connectivity index (χ0v) is 19.4. The van der Waals surface area contributed by atoms with Crippen molar-refractivity contribution in [1.29, 1.82) is 0 Å². The van der Waals surface area contributed by atoms with Gasteiger partial charge in [-0.2, -0.15) is 18.3 Å². The maximum Gasteiger partial charge on any atom is 0.417 e. The van der Waals surface area contributed by atoms with Crippen molar-refractivity contribution in [2.24, 2.45) is 5.73 Å². The number of alkyl halides is 3. The van der Waals surface area contributed by atoms with Gasteiger partial charge in [-0.1, -0.05) is 42.5 Å². The summed E-state index contributed by atoms with van der Waals surface area (Å²) < 4.78 is 43.2. The number of nitrogens with zero attached hydrogens (tertiary/aromatic N) is 3. The van der Waals surface area contributed by atoms with Crippen molar-refractivity contribution in [3.05, 3.63) is 89.9 Å². The van der Waals surface area contributed by atoms with Gasteiger partial charge in [0, 0.05) is 34.5 Å². The summed E-state index contributed by atoms with van der Waals surface area (Å²) in [6.07, 6.45) is -3.08. The number of carbonyl (C=O) groups excluding carboxylic acids is 1. The van der Waals surface area contributed by atoms with Gasteiger partial charge >= 0.3 is 6.18 Å². The second kappa shape index (κ2) is 9.14. The van der Waals surface area contributed by atoms with Crippen molar-refractivity contribution in [3.8, 4) is 33.6 Å². The molecule has 0 fully saturated rings. The summed E-state index contributed by atoms with van der Waals surface area (Å²) >= 11 is 0. The zero-order valence-electron chi connectivity index (χ0n) is 19.4. The fourth-order valence-electron chi connectivity index (χ4n) is 4.42. The summed E-state index contributed by atoms with van der Waals surface area (Å²) in [5.41, 5.74) is 6.30. The van der Waals surface area contributed by atoms with Gasteiger partial charge in [0.1, 0.15) is 5.52 Å². The number of aromatic nitrogens is 4. The number of aromatic amines is 1. The number of aliphatic hydroxyl groups excluding tert-OH is 1. The van der Waals surface area contributed by atoms with Crippen LogP contribution in [0, 0.1) is 0 Å². The Morgan fingerprint density at radius 2 is 1.68 bits per heavy atom. The van der Waals surface area contributed by atoms with Crippen molar-refractivity contribution in [3.63, 3.8) is 0 Å². The SMILES string of the molecule is CC(O)c1[nH]nc2c(-c3cc(C(F)(F)F)c(-c4ncccn4)cc3C(N)=O)c(-c3ccccc3)ccc12. The molecule has 3 aromatic carbocycles. The molecule has 0 saturated carbocycles. The molecule has 2 aromatic heterocycles. The number of fused-ring (bicyclic) bond motifs is 1. The molecule has 0 saturated heterocycles. The second-order valence-corrected chi connectivity index (χ2v) is 8.44. The Labute approximate surface area is 208 Å². The van der Waals surface area contributed by atoms with Crippen LogP contribution in [0.5, 0.6) is 0 Å². The molecule has 0 spiro atoms. The van der Waals surface area contributed by atoms with Gasteiger partial charge in [-0.05, 0) is 41.8 Å². The van der Waals surface area contributed by atoms with Gasteiger partial charge in [0.2, 0.25) is 5.91 Å². The van der Waals surface area contributed by atoms with Gasteiger partial charge in [-0.25, -0.2) is 9.97 Å². The van der Waals surface area contributed by atoms with Gasteiger partial charge in [0.05, 0.1) is 17.4 Å². The number of aliphatic hydroxyl groups is 1. The number of rotatable bonds is 5. The second-order valence-electron chi connectivity index (χ2n) is 8.44. The van der Waals surface area contributed by atoms with E-state index in [1.54, 1.807) is 43.3 Å². The summed E-state index contributed by atoms with van der Waals surface area (Å²) in [6.45, 7) is 1.54. The lowest BCUT2D eigenvalue weighted by Gasteiger charge is -2.19. The molecule has 0 aliphatic rings. The van der Waals surface area contributed by atoms with Gasteiger partial charge in [-0.15, -0.1) is 0 Å². The van der Waals surface area contributed by atoms with Crippen LogP contribution in [0.1, 0.15) is 34.6 Å². The van der Waals surface area contributed by atoms with Crippen LogP contribution in [0.4, 0.5) is 13.2 Å². The predicted molar refractivity (Wildman–Crippen MR) is 132 cm³/mol. The quantitative estimate of drug-likeness (QED) is 0.292. The maximum atomic E-state index is 14.4. The first-order valence-electron chi connectivity index (χ1n) is 11.2. The minimum Gasteiger partial charge on any atom is -0.387 e. The van der Waals surface area contributed by atoms with E-state index in [2.05, 4.69) is 20.2 Å². The standard InChI is InChI=1S/C27H20F3N5O2/c1-14(36)23-17-9-8-16(15-6-3-2-4-7-15)22(24(17)35-34-23)18-13-21(27(28,29)30)20(12-19(18)25(31)37)26-32-10-5-11-33-26/h2-14,36H,1H3,(H2,31,37)(H,34,35). The third-order valence-electron chi connectivity index (χ3n) is 6.06. The van der Waals surface area contributed by atoms with E-state index in [0.29, 0.717) is 22.2 Å². The van der Waals surface area contributed by atoms with Gasteiger partial charge in [0.25, 0.3) is 0 Å². The van der Waals surface area contributed by atoms with Gasteiger partial charge in [-0.3, -0.25) is 9.89 Å². The molecule has 10 heteroatoms. The van der Waals surface area contributed by atoms with E-state index in [1.165, 1.54) is 18.5 Å². The van der Waals surface area contributed by atoms with Crippen LogP contribution in [-0.2, 0) is 6.18 Å². The Balaban J connectivity index is 1.93. The van der Waals surface area contributed by atoms with E-state index in [4.69, 9.17) is 5.73 Å². The first-order valence-corrected chi connectivity index (χ1v) is 11.2. The van der Waals surface area contributed by atoms with Crippen molar-refractivity contribution in [2.45, 2.75) is 19.2 Å². The van der Waals surface area contributed by atoms with Crippen molar-refractivity contribution < 1.29 is 23.1 Å². The lowest BCUT2D eigenvalue weighted by molar-refractivity contribution is -0.137. The molecule has 4 N–H and O–H groups in total. The summed E-state index contributed by atoms with van der Waals surface area (Å²) in [7, 11) is 0. The molecule has 37 heavy (non-hydrogen) atoms. The molecule has 1 amide bonds. The van der Waals surface area contributed by atoms with Gasteiger partial charge in [0.15, 0.2) is 5.82 Å². The number of hydrogen-bond donors (Lipinski definition) is 3. The van der Waals surface area contributed by atoms with Crippen molar-refractivity contribution in [2.75, 3.05) is 0 Å². The summed E-state index contributed by atoms with van der Waals surface area (Å²) in [6, 6.07) is 15.9. The average Bonchev–Trinajstić information content (AvgIpc) is 3.32. The first kappa shape index (κ1) is 24.1. The van der Waals surface area contributed by atoms with E-state index in [1.807, 2.05) is 6.07 Å². The fourth-order valence-corrected chi connectivity index (χ4v) is 4.42. The Bertz CT molecular complexity index is 1610. The molecule has 0 radical (unpaired) electrons. The van der Waals surface area contributed by atoms with Gasteiger partial charge < -0.3 is 10.8 Å². The van der Waals surface area contributed by atoms with Crippen molar-refractivity contribution >= 4 is 16.8 Å². The van der Waals surface area contributed by atoms with Crippen LogP contribution in [0.3, 0.4) is 0 Å². The van der Waals surface area contributed by atoms with E-state index in [9.17, 15) is 23.1 Å². The molecule has 186 valence electrons. The maximum absolute atomic E-state index is 14.4. The monoisotopic (exact) mass is 503 g/mol. The number of halogens is 3. The molecule has 0 aliphatic heterocycles. The smallest absolute Gasteiger partial charge is 0.387 e. The number of nitrogens with two attached hydrogens (primary N) is 1. The van der Waals surface area contributed by atoms with Crippen LogP contribution in [0.2, 0.25) is 0 Å². The molecule has 2 heterocycles. The minimum atomic E-state index is -4.80. The fraction of sp³-hybridized carbons (Fsp3) is 0.111. The highest BCUT2D eigenvalue weighted by atomic mass is 19.4. The number of primary amides is 1. The Hall–Kier alpha value is -4.57. The predicted octanol–water partition coefficient (Wildman–Crippen LogP) is 5.52. The minimum absolute atomic E-state index is 0.0485. The lowest BCUT2D eigenvalue weighted by Crippen LogP contribution is -2.16. The topological polar surface area (TPSA) is 118 Å². The highest BCUT2D eigenvalue weighted by molar-refractivity contribution is 6.10. The molecule has 0 aliphatic carbocycles. The number of amides is 1. The zero-order chi connectivity index (χ0) is 26.3. The highest BCUT2D eigenvalue weighted by Crippen LogP contribution is 2.45. The summed E-state index contributed by atoms with van der Waals surface area (Å²) in [4.78, 5) is 20.6. The molecular weight excluding hydrogens is 483 g/mol. The number of nitrogens with one attached hydrogen (secondary N) is 1. The van der Waals surface area contributed by atoms with Crippen LogP contribution in [0.15, 0.2) is 73.1 Å². The third-order valence-corrected chi connectivity index (χ3v) is 6.06. The van der Waals surface area contributed by atoms with Crippen LogP contribution >= 0.6 is 0 Å². The van der Waals surface area contributed by atoms with E-state index in [-0.39, 0.29) is 33.6 Å². The Kier molecular flexibility index (Phi) is 5.96.